The minimum atomic E-state index is -0.817. The predicted octanol–water partition coefficient (Wildman–Crippen LogP) is 2.82. The third-order valence-corrected chi connectivity index (χ3v) is 4.49. The van der Waals surface area contributed by atoms with Crippen molar-refractivity contribution in [3.63, 3.8) is 0 Å². The first-order valence-corrected chi connectivity index (χ1v) is 7.00. The van der Waals surface area contributed by atoms with Gasteiger partial charge in [0.15, 0.2) is 0 Å². The zero-order valence-electron chi connectivity index (χ0n) is 8.82. The molecule has 1 aromatic carbocycles. The van der Waals surface area contributed by atoms with E-state index in [9.17, 15) is 4.79 Å². The van der Waals surface area contributed by atoms with Crippen LogP contribution in [0.4, 0.5) is 0 Å². The molecule has 2 rings (SSSR count). The van der Waals surface area contributed by atoms with E-state index in [4.69, 9.17) is 28.3 Å². The largest absolute Gasteiger partial charge is 0.480 e. The van der Waals surface area contributed by atoms with Gasteiger partial charge in [0.05, 0.1) is 10.0 Å². The van der Waals surface area contributed by atoms with Crippen LogP contribution < -0.4 is 5.32 Å². The van der Waals surface area contributed by atoms with E-state index in [0.717, 1.165) is 11.3 Å². The number of carbonyl (C=O) groups is 1. The molecule has 0 radical (unpaired) electrons. The summed E-state index contributed by atoms with van der Waals surface area (Å²) in [6.07, 6.45) is 0. The molecule has 1 saturated heterocycles. The Bertz CT molecular complexity index is 441. The lowest BCUT2D eigenvalue weighted by Gasteiger charge is -2.28. The van der Waals surface area contributed by atoms with Crippen LogP contribution >= 0.6 is 35.0 Å². The molecule has 2 unspecified atom stereocenters. The molecule has 17 heavy (non-hydrogen) atoms. The molecule has 1 aromatic rings. The average molecular weight is 292 g/mol. The number of thioether (sulfide) groups is 1. The molecular weight excluding hydrogens is 281 g/mol. The topological polar surface area (TPSA) is 49.3 Å². The summed E-state index contributed by atoms with van der Waals surface area (Å²) in [7, 11) is 0. The van der Waals surface area contributed by atoms with Crippen molar-refractivity contribution < 1.29 is 9.90 Å². The molecule has 0 aliphatic carbocycles. The van der Waals surface area contributed by atoms with Crippen LogP contribution in [0.25, 0.3) is 0 Å². The lowest BCUT2D eigenvalue weighted by atomic mass is 10.1. The molecule has 1 heterocycles. The summed E-state index contributed by atoms with van der Waals surface area (Å²) in [6.45, 7) is 0. The molecule has 1 aliphatic rings. The van der Waals surface area contributed by atoms with Crippen molar-refractivity contribution in [3.05, 3.63) is 33.8 Å². The van der Waals surface area contributed by atoms with Crippen molar-refractivity contribution in [2.75, 3.05) is 11.5 Å². The van der Waals surface area contributed by atoms with E-state index in [1.165, 1.54) is 0 Å². The Morgan fingerprint density at radius 1 is 1.35 bits per heavy atom. The van der Waals surface area contributed by atoms with E-state index in [2.05, 4.69) is 5.32 Å². The first-order chi connectivity index (χ1) is 8.08. The van der Waals surface area contributed by atoms with Crippen LogP contribution in [0.15, 0.2) is 18.2 Å². The average Bonchev–Trinajstić information content (AvgIpc) is 2.33. The Morgan fingerprint density at radius 3 is 2.76 bits per heavy atom. The Kier molecular flexibility index (Phi) is 4.20. The molecule has 1 aliphatic heterocycles. The van der Waals surface area contributed by atoms with Crippen LogP contribution in [0.2, 0.25) is 10.0 Å². The molecular formula is C11H11Cl2NO2S. The van der Waals surface area contributed by atoms with Gasteiger partial charge in [0.25, 0.3) is 0 Å². The third kappa shape index (κ3) is 3.07. The van der Waals surface area contributed by atoms with Crippen molar-refractivity contribution in [2.24, 2.45) is 0 Å². The second-order valence-electron chi connectivity index (χ2n) is 3.82. The summed E-state index contributed by atoms with van der Waals surface area (Å²) in [5, 5.41) is 13.1. The molecule has 0 aromatic heterocycles. The van der Waals surface area contributed by atoms with Gasteiger partial charge in [0.2, 0.25) is 0 Å². The van der Waals surface area contributed by atoms with Gasteiger partial charge in [-0.05, 0) is 17.7 Å². The van der Waals surface area contributed by atoms with Gasteiger partial charge < -0.3 is 5.11 Å². The maximum Gasteiger partial charge on any atom is 0.321 e. The summed E-state index contributed by atoms with van der Waals surface area (Å²) in [6, 6.07) is 4.89. The van der Waals surface area contributed by atoms with Crippen molar-refractivity contribution in [1.82, 2.24) is 5.32 Å². The minimum Gasteiger partial charge on any atom is -0.480 e. The fourth-order valence-corrected chi connectivity index (χ4v) is 3.15. The van der Waals surface area contributed by atoms with Crippen molar-refractivity contribution >= 4 is 40.9 Å². The highest BCUT2D eigenvalue weighted by Crippen LogP contribution is 2.29. The van der Waals surface area contributed by atoms with Gasteiger partial charge in [-0.1, -0.05) is 29.3 Å². The molecule has 0 bridgehead atoms. The number of benzene rings is 1. The minimum absolute atomic E-state index is 0.00427. The number of rotatable bonds is 2. The van der Waals surface area contributed by atoms with Crippen LogP contribution in [0.3, 0.4) is 0 Å². The molecule has 0 spiro atoms. The Morgan fingerprint density at radius 2 is 2.12 bits per heavy atom. The van der Waals surface area contributed by atoms with Crippen LogP contribution in [-0.2, 0) is 4.79 Å². The molecule has 6 heteroatoms. The van der Waals surface area contributed by atoms with Crippen LogP contribution in [0.1, 0.15) is 11.6 Å². The Labute approximate surface area is 113 Å². The summed E-state index contributed by atoms with van der Waals surface area (Å²) >= 11 is 13.4. The summed E-state index contributed by atoms with van der Waals surface area (Å²) in [5.41, 5.74) is 0.970. The van der Waals surface area contributed by atoms with E-state index < -0.39 is 12.0 Å². The summed E-state index contributed by atoms with van der Waals surface area (Å²) < 4.78 is 0. The van der Waals surface area contributed by atoms with E-state index in [1.54, 1.807) is 23.9 Å². The number of aliphatic carboxylic acids is 1. The number of carboxylic acid groups (broad SMARTS) is 1. The molecule has 0 amide bonds. The second-order valence-corrected chi connectivity index (χ2v) is 5.71. The van der Waals surface area contributed by atoms with Gasteiger partial charge in [-0.15, -0.1) is 0 Å². The number of hydrogen-bond donors (Lipinski definition) is 2. The van der Waals surface area contributed by atoms with E-state index in [0.29, 0.717) is 15.8 Å². The normalized spacial score (nSPS) is 24.6. The van der Waals surface area contributed by atoms with Crippen LogP contribution in [0.5, 0.6) is 0 Å². The number of hydrogen-bond acceptors (Lipinski definition) is 3. The Balaban J connectivity index is 2.16. The van der Waals surface area contributed by atoms with E-state index >= 15 is 0 Å². The number of carboxylic acids is 1. The van der Waals surface area contributed by atoms with Crippen LogP contribution in [0, 0.1) is 0 Å². The fourth-order valence-electron chi connectivity index (χ4n) is 1.71. The molecule has 3 nitrogen and oxygen atoms in total. The first-order valence-electron chi connectivity index (χ1n) is 5.09. The van der Waals surface area contributed by atoms with Gasteiger partial charge in [0.1, 0.15) is 6.04 Å². The lowest BCUT2D eigenvalue weighted by molar-refractivity contribution is -0.139. The molecule has 2 atom stereocenters. The zero-order valence-corrected chi connectivity index (χ0v) is 11.1. The standard InChI is InChI=1S/C11H11Cl2NO2S/c12-7-2-1-6(3-8(7)13)9-4-17-5-10(14-9)11(15)16/h1-3,9-10,14H,4-5H2,(H,15,16). The van der Waals surface area contributed by atoms with Crippen molar-refractivity contribution in [1.29, 1.82) is 0 Å². The van der Waals surface area contributed by atoms with Crippen molar-refractivity contribution in [3.8, 4) is 0 Å². The smallest absolute Gasteiger partial charge is 0.321 e. The van der Waals surface area contributed by atoms with Gasteiger partial charge in [-0.2, -0.15) is 11.8 Å². The quantitative estimate of drug-likeness (QED) is 0.880. The third-order valence-electron chi connectivity index (χ3n) is 2.62. The zero-order chi connectivity index (χ0) is 12.4. The molecule has 2 N–H and O–H groups in total. The lowest BCUT2D eigenvalue weighted by Crippen LogP contribution is -2.45. The highest BCUT2D eigenvalue weighted by atomic mass is 35.5. The maximum absolute atomic E-state index is 10.9. The van der Waals surface area contributed by atoms with E-state index in [1.807, 2.05) is 6.07 Å². The molecule has 92 valence electrons. The van der Waals surface area contributed by atoms with Crippen molar-refractivity contribution in [2.45, 2.75) is 12.1 Å². The molecule has 1 fully saturated rings. The molecule has 0 saturated carbocycles. The van der Waals surface area contributed by atoms with Gasteiger partial charge >= 0.3 is 5.97 Å². The predicted molar refractivity (Wildman–Crippen MR) is 71.1 cm³/mol. The first kappa shape index (κ1) is 13.0. The number of halogens is 2. The number of nitrogens with one attached hydrogen (secondary N) is 1. The monoisotopic (exact) mass is 291 g/mol. The fraction of sp³-hybridized carbons (Fsp3) is 0.364. The second kappa shape index (κ2) is 5.48. The summed E-state index contributed by atoms with van der Waals surface area (Å²) in [4.78, 5) is 10.9. The SMILES string of the molecule is O=C(O)C1CSCC(c2ccc(Cl)c(Cl)c2)N1. The summed E-state index contributed by atoms with van der Waals surface area (Å²) in [5.74, 6) is 0.608. The Hall–Kier alpha value is -0.420. The maximum atomic E-state index is 10.9. The van der Waals surface area contributed by atoms with Gasteiger partial charge in [-0.25, -0.2) is 0 Å². The highest BCUT2D eigenvalue weighted by molar-refractivity contribution is 7.99. The highest BCUT2D eigenvalue weighted by Gasteiger charge is 2.27. The van der Waals surface area contributed by atoms with Gasteiger partial charge in [-0.3, -0.25) is 10.1 Å². The van der Waals surface area contributed by atoms with Crippen LogP contribution in [-0.4, -0.2) is 28.6 Å². The van der Waals surface area contributed by atoms with E-state index in [-0.39, 0.29) is 6.04 Å². The van der Waals surface area contributed by atoms with Gasteiger partial charge in [0, 0.05) is 17.5 Å².